The molecule has 0 saturated heterocycles. The molecule has 0 saturated carbocycles. The molecule has 248 valence electrons. The van der Waals surface area contributed by atoms with Gasteiger partial charge >= 0.3 is 0 Å². The molecule has 8 aromatic rings. The molecular formula is C49H36N2O. The highest BCUT2D eigenvalue weighted by molar-refractivity contribution is 6.10. The van der Waals surface area contributed by atoms with E-state index in [-0.39, 0.29) is 0 Å². The van der Waals surface area contributed by atoms with Crippen LogP contribution in [-0.2, 0) is 0 Å². The number of furan rings is 1. The standard InChI is InChI=1S/C49H36N2O/c1-2-10-33(11-3-1)35-24-28-39(29-25-35)51(47-18-9-17-46-45(47)32-44-43-15-6-7-19-48(43)52-49(44)50-46)40-30-26-36(27-31-40)34-20-22-38(23-21-34)42-16-8-13-37-12-4-5-14-41(37)42/h1-20,22-24,26-32,34-35H,21,25H2. The van der Waals surface area contributed by atoms with Crippen LogP contribution in [0.25, 0.3) is 49.3 Å². The number of allylic oxidation sites excluding steroid dienone is 7. The van der Waals surface area contributed by atoms with E-state index in [0.29, 0.717) is 17.5 Å². The Morgan fingerprint density at radius 1 is 0.558 bits per heavy atom. The van der Waals surface area contributed by atoms with Gasteiger partial charge in [0.1, 0.15) is 5.58 Å². The van der Waals surface area contributed by atoms with Crippen LogP contribution >= 0.6 is 0 Å². The van der Waals surface area contributed by atoms with Gasteiger partial charge in [-0.2, -0.15) is 0 Å². The van der Waals surface area contributed by atoms with Crippen molar-refractivity contribution in [3.8, 4) is 0 Å². The van der Waals surface area contributed by atoms with Crippen LogP contribution in [0.2, 0.25) is 0 Å². The molecular weight excluding hydrogens is 633 g/mol. The maximum atomic E-state index is 6.18. The average Bonchev–Trinajstić information content (AvgIpc) is 3.58. The summed E-state index contributed by atoms with van der Waals surface area (Å²) < 4.78 is 6.18. The molecule has 3 nitrogen and oxygen atoms in total. The van der Waals surface area contributed by atoms with E-state index in [1.807, 2.05) is 12.1 Å². The predicted molar refractivity (Wildman–Crippen MR) is 217 cm³/mol. The van der Waals surface area contributed by atoms with Gasteiger partial charge in [-0.1, -0.05) is 140 Å². The first-order valence-electron chi connectivity index (χ1n) is 18.2. The monoisotopic (exact) mass is 668 g/mol. The molecule has 6 aromatic carbocycles. The highest BCUT2D eigenvalue weighted by Gasteiger charge is 2.22. The summed E-state index contributed by atoms with van der Waals surface area (Å²) in [6, 6.07) is 52.0. The van der Waals surface area contributed by atoms with E-state index < -0.39 is 0 Å². The minimum Gasteiger partial charge on any atom is -0.438 e. The van der Waals surface area contributed by atoms with Gasteiger partial charge in [0, 0.05) is 39.4 Å². The second kappa shape index (κ2) is 12.7. The van der Waals surface area contributed by atoms with Crippen LogP contribution < -0.4 is 4.90 Å². The Morgan fingerprint density at radius 2 is 1.27 bits per heavy atom. The SMILES string of the molecule is C1=CC(c2ccc(N(C3=CCC(c4ccccc4)C=C3)c3cccc4nc5oc6ccccc6c5cc34)cc2)CC=C1c1cccc2ccccc12. The van der Waals surface area contributed by atoms with Crippen molar-refractivity contribution in [3.63, 3.8) is 0 Å². The Morgan fingerprint density at radius 3 is 2.08 bits per heavy atom. The summed E-state index contributed by atoms with van der Waals surface area (Å²) in [5.41, 5.74) is 11.1. The topological polar surface area (TPSA) is 29.3 Å². The highest BCUT2D eigenvalue weighted by Crippen LogP contribution is 2.41. The lowest BCUT2D eigenvalue weighted by molar-refractivity contribution is 0.656. The second-order valence-corrected chi connectivity index (χ2v) is 13.8. The van der Waals surface area contributed by atoms with Gasteiger partial charge in [0.15, 0.2) is 0 Å². The van der Waals surface area contributed by atoms with Crippen LogP contribution in [0.3, 0.4) is 0 Å². The molecule has 0 aliphatic heterocycles. The van der Waals surface area contributed by atoms with Crippen LogP contribution in [0.15, 0.2) is 192 Å². The molecule has 2 atom stereocenters. The smallest absolute Gasteiger partial charge is 0.227 e. The molecule has 0 bridgehead atoms. The number of pyridine rings is 1. The summed E-state index contributed by atoms with van der Waals surface area (Å²) in [7, 11) is 0. The zero-order chi connectivity index (χ0) is 34.4. The van der Waals surface area contributed by atoms with Crippen LogP contribution in [0, 0.1) is 0 Å². The Labute approximate surface area is 303 Å². The van der Waals surface area contributed by atoms with Crippen molar-refractivity contribution in [1.29, 1.82) is 0 Å². The van der Waals surface area contributed by atoms with Gasteiger partial charge in [0.25, 0.3) is 0 Å². The number of hydrogen-bond acceptors (Lipinski definition) is 3. The summed E-state index contributed by atoms with van der Waals surface area (Å²) in [5, 5.41) is 5.78. The predicted octanol–water partition coefficient (Wildman–Crippen LogP) is 13.2. The first-order valence-corrected chi connectivity index (χ1v) is 18.2. The summed E-state index contributed by atoms with van der Waals surface area (Å²) in [5.74, 6) is 0.677. The molecule has 2 unspecified atom stereocenters. The van der Waals surface area contributed by atoms with Gasteiger partial charge in [-0.05, 0) is 88.4 Å². The van der Waals surface area contributed by atoms with Gasteiger partial charge in [-0.15, -0.1) is 0 Å². The van der Waals surface area contributed by atoms with Crippen molar-refractivity contribution in [3.05, 3.63) is 204 Å². The lowest BCUT2D eigenvalue weighted by Gasteiger charge is -2.30. The van der Waals surface area contributed by atoms with Crippen LogP contribution in [-0.4, -0.2) is 4.98 Å². The van der Waals surface area contributed by atoms with Crippen molar-refractivity contribution in [1.82, 2.24) is 4.98 Å². The fourth-order valence-corrected chi connectivity index (χ4v) is 8.07. The molecule has 52 heavy (non-hydrogen) atoms. The number of nitrogens with zero attached hydrogens (tertiary/aromatic N) is 2. The molecule has 0 radical (unpaired) electrons. The first-order chi connectivity index (χ1) is 25.8. The first kappa shape index (κ1) is 30.4. The lowest BCUT2D eigenvalue weighted by Crippen LogP contribution is -2.18. The minimum atomic E-state index is 0.325. The molecule has 2 aromatic heterocycles. The normalized spacial score (nSPS) is 17.2. The maximum absolute atomic E-state index is 6.18. The Balaban J connectivity index is 1.02. The number of benzene rings is 6. The van der Waals surface area contributed by atoms with Crippen molar-refractivity contribution in [2.75, 3.05) is 4.90 Å². The van der Waals surface area contributed by atoms with Gasteiger partial charge in [0.05, 0.1) is 11.2 Å². The van der Waals surface area contributed by atoms with Gasteiger partial charge in [-0.3, -0.25) is 0 Å². The average molecular weight is 669 g/mol. The van der Waals surface area contributed by atoms with E-state index in [1.165, 1.54) is 33.0 Å². The van der Waals surface area contributed by atoms with Gasteiger partial charge in [-0.25, -0.2) is 4.98 Å². The molecule has 0 fully saturated rings. The van der Waals surface area contributed by atoms with E-state index in [1.54, 1.807) is 0 Å². The zero-order valence-electron chi connectivity index (χ0n) is 28.7. The fourth-order valence-electron chi connectivity index (χ4n) is 8.07. The van der Waals surface area contributed by atoms with Gasteiger partial charge in [0.2, 0.25) is 5.71 Å². The van der Waals surface area contributed by atoms with E-state index in [2.05, 4.69) is 175 Å². The van der Waals surface area contributed by atoms with Crippen LogP contribution in [0.4, 0.5) is 11.4 Å². The van der Waals surface area contributed by atoms with E-state index in [9.17, 15) is 0 Å². The third kappa shape index (κ3) is 5.34. The molecule has 10 rings (SSSR count). The van der Waals surface area contributed by atoms with Crippen molar-refractivity contribution < 1.29 is 4.42 Å². The maximum Gasteiger partial charge on any atom is 0.227 e. The lowest BCUT2D eigenvalue weighted by atomic mass is 9.87. The Bertz CT molecular complexity index is 2740. The third-order valence-corrected chi connectivity index (χ3v) is 10.8. The molecule has 2 heterocycles. The zero-order valence-corrected chi connectivity index (χ0v) is 28.7. The van der Waals surface area contributed by atoms with E-state index in [4.69, 9.17) is 9.40 Å². The van der Waals surface area contributed by atoms with Gasteiger partial charge < -0.3 is 9.32 Å². The van der Waals surface area contributed by atoms with Crippen molar-refractivity contribution in [2.24, 2.45) is 0 Å². The summed E-state index contributed by atoms with van der Waals surface area (Å²) in [4.78, 5) is 7.42. The van der Waals surface area contributed by atoms with Crippen molar-refractivity contribution >= 4 is 60.7 Å². The van der Waals surface area contributed by atoms with Crippen LogP contribution in [0.5, 0.6) is 0 Å². The molecule has 2 aliphatic rings. The summed E-state index contributed by atoms with van der Waals surface area (Å²) >= 11 is 0. The number of aromatic nitrogens is 1. The molecule has 0 N–H and O–H groups in total. The third-order valence-electron chi connectivity index (χ3n) is 10.8. The van der Waals surface area contributed by atoms with Crippen molar-refractivity contribution in [2.45, 2.75) is 24.7 Å². The second-order valence-electron chi connectivity index (χ2n) is 13.8. The Kier molecular flexibility index (Phi) is 7.42. The number of para-hydroxylation sites is 1. The summed E-state index contributed by atoms with van der Waals surface area (Å²) in [6.07, 6.45) is 16.0. The number of rotatable bonds is 6. The quantitative estimate of drug-likeness (QED) is 0.177. The number of fused-ring (bicyclic) bond motifs is 5. The van der Waals surface area contributed by atoms with E-state index in [0.717, 1.165) is 57.2 Å². The number of anilines is 2. The van der Waals surface area contributed by atoms with E-state index >= 15 is 0 Å². The molecule has 0 spiro atoms. The summed E-state index contributed by atoms with van der Waals surface area (Å²) in [6.45, 7) is 0. The molecule has 2 aliphatic carbocycles. The highest BCUT2D eigenvalue weighted by atomic mass is 16.3. The molecule has 0 amide bonds. The molecule has 3 heteroatoms. The fraction of sp³-hybridized carbons (Fsp3) is 0.0816. The Hall–Kier alpha value is -6.45. The van der Waals surface area contributed by atoms with Crippen LogP contribution in [0.1, 0.15) is 41.4 Å². The largest absolute Gasteiger partial charge is 0.438 e. The number of hydrogen-bond donors (Lipinski definition) is 0. The minimum absolute atomic E-state index is 0.325.